The predicted octanol–water partition coefficient (Wildman–Crippen LogP) is 3.52. The lowest BCUT2D eigenvalue weighted by molar-refractivity contribution is -0.0470. The van der Waals surface area contributed by atoms with Crippen molar-refractivity contribution >= 4 is 6.03 Å². The highest BCUT2D eigenvalue weighted by molar-refractivity contribution is 5.74. The van der Waals surface area contributed by atoms with Crippen LogP contribution in [0, 0.1) is 11.8 Å². The Bertz CT molecular complexity index is 617. The first-order valence-corrected chi connectivity index (χ1v) is 10.4. The topological polar surface area (TPSA) is 35.6 Å². The highest BCUT2D eigenvalue weighted by Gasteiger charge is 2.45. The fourth-order valence-corrected chi connectivity index (χ4v) is 5.52. The molecule has 3 heterocycles. The molecule has 0 aliphatic carbocycles. The number of piperidine rings is 3. The van der Waals surface area contributed by atoms with E-state index in [0.717, 1.165) is 13.1 Å². The van der Waals surface area contributed by atoms with Gasteiger partial charge in [-0.2, -0.15) is 0 Å². The van der Waals surface area contributed by atoms with Crippen molar-refractivity contribution in [3.8, 4) is 0 Å². The van der Waals surface area contributed by atoms with Crippen LogP contribution in [-0.4, -0.2) is 53.6 Å². The smallest absolute Gasteiger partial charge is 0.317 e. The molecule has 3 aliphatic heterocycles. The Kier molecular flexibility index (Phi) is 5.21. The Balaban J connectivity index is 1.45. The summed E-state index contributed by atoms with van der Waals surface area (Å²) in [4.78, 5) is 17.4. The van der Waals surface area contributed by atoms with E-state index in [1.807, 2.05) is 13.8 Å². The number of hydrogen-bond donors (Lipinski definition) is 1. The number of carbonyl (C=O) groups is 1. The van der Waals surface area contributed by atoms with Crippen LogP contribution in [0.5, 0.6) is 0 Å². The summed E-state index contributed by atoms with van der Waals surface area (Å²) in [5.41, 5.74) is 1.46. The molecule has 3 saturated heterocycles. The normalized spacial score (nSPS) is 31.6. The van der Waals surface area contributed by atoms with Crippen molar-refractivity contribution in [1.82, 2.24) is 15.1 Å². The third-order valence-electron chi connectivity index (χ3n) is 6.53. The van der Waals surface area contributed by atoms with E-state index in [9.17, 15) is 4.79 Å². The van der Waals surface area contributed by atoms with Gasteiger partial charge in [-0.3, -0.25) is 4.90 Å². The van der Waals surface area contributed by atoms with Crippen molar-refractivity contribution in [2.45, 2.75) is 64.1 Å². The van der Waals surface area contributed by atoms with Gasteiger partial charge in [0.1, 0.15) is 0 Å². The van der Waals surface area contributed by atoms with E-state index < -0.39 is 0 Å². The summed E-state index contributed by atoms with van der Waals surface area (Å²) >= 11 is 0. The zero-order valence-electron chi connectivity index (χ0n) is 16.2. The number of nitrogens with zero attached hydrogens (tertiary/aromatic N) is 2. The lowest BCUT2D eigenvalue weighted by Gasteiger charge is -2.55. The van der Waals surface area contributed by atoms with Crippen LogP contribution in [0.4, 0.5) is 4.79 Å². The largest absolute Gasteiger partial charge is 0.336 e. The molecule has 2 bridgehead atoms. The molecular formula is C22H33N3O. The number of benzene rings is 1. The van der Waals surface area contributed by atoms with E-state index in [1.165, 1.54) is 44.2 Å². The standard InChI is InChI=1S/C22H33N3O/c1-16(2)23-22(26)24-13-18-11-19(15-24)21-10-6-9-20(25(21)14-18)12-17-7-4-3-5-8-17/h3-5,7-8,16,18-21H,6,9-15H2,1-2H3,(H,23,26)/t18-,19+,20+,21-/m0/s1. The Morgan fingerprint density at radius 2 is 1.96 bits per heavy atom. The first-order valence-electron chi connectivity index (χ1n) is 10.4. The Hall–Kier alpha value is -1.55. The average molecular weight is 356 g/mol. The van der Waals surface area contributed by atoms with Crippen LogP contribution < -0.4 is 5.32 Å². The number of nitrogens with one attached hydrogen (secondary N) is 1. The number of likely N-dealkylation sites (tertiary alicyclic amines) is 1. The molecular weight excluding hydrogens is 322 g/mol. The molecule has 4 rings (SSSR count). The minimum atomic E-state index is 0.139. The summed E-state index contributed by atoms with van der Waals surface area (Å²) in [7, 11) is 0. The van der Waals surface area contributed by atoms with Crippen LogP contribution in [0.3, 0.4) is 0 Å². The maximum atomic E-state index is 12.5. The molecule has 0 aromatic heterocycles. The zero-order valence-corrected chi connectivity index (χ0v) is 16.2. The van der Waals surface area contributed by atoms with Crippen molar-refractivity contribution in [2.24, 2.45) is 11.8 Å². The molecule has 142 valence electrons. The maximum Gasteiger partial charge on any atom is 0.317 e. The fraction of sp³-hybridized carbons (Fsp3) is 0.682. The number of urea groups is 1. The molecule has 4 atom stereocenters. The van der Waals surface area contributed by atoms with Crippen LogP contribution in [0.1, 0.15) is 45.1 Å². The van der Waals surface area contributed by atoms with Gasteiger partial charge in [0.15, 0.2) is 0 Å². The highest BCUT2D eigenvalue weighted by Crippen LogP contribution is 2.40. The summed E-state index contributed by atoms with van der Waals surface area (Å²) in [6.07, 6.45) is 6.45. The third kappa shape index (κ3) is 3.75. The summed E-state index contributed by atoms with van der Waals surface area (Å²) in [5.74, 6) is 1.29. The molecule has 26 heavy (non-hydrogen) atoms. The minimum Gasteiger partial charge on any atom is -0.336 e. The van der Waals surface area contributed by atoms with E-state index >= 15 is 0 Å². The monoisotopic (exact) mass is 355 g/mol. The van der Waals surface area contributed by atoms with Crippen LogP contribution in [-0.2, 0) is 6.42 Å². The number of carbonyl (C=O) groups excluding carboxylic acids is 1. The first kappa shape index (κ1) is 17.8. The quantitative estimate of drug-likeness (QED) is 0.900. The maximum absolute atomic E-state index is 12.5. The molecule has 1 aromatic carbocycles. The first-order chi connectivity index (χ1) is 12.6. The van der Waals surface area contributed by atoms with Gasteiger partial charge in [-0.15, -0.1) is 0 Å². The number of rotatable bonds is 3. The van der Waals surface area contributed by atoms with Crippen molar-refractivity contribution < 1.29 is 4.79 Å². The summed E-state index contributed by atoms with van der Waals surface area (Å²) in [5, 5.41) is 3.09. The molecule has 2 amide bonds. The van der Waals surface area contributed by atoms with Gasteiger partial charge in [-0.25, -0.2) is 4.79 Å². The molecule has 1 N–H and O–H groups in total. The average Bonchev–Trinajstić information content (AvgIpc) is 2.62. The molecule has 3 aliphatic rings. The third-order valence-corrected chi connectivity index (χ3v) is 6.53. The van der Waals surface area contributed by atoms with Gasteiger partial charge in [-0.1, -0.05) is 36.8 Å². The summed E-state index contributed by atoms with van der Waals surface area (Å²) < 4.78 is 0. The van der Waals surface area contributed by atoms with Gasteiger partial charge in [0.2, 0.25) is 0 Å². The second kappa shape index (κ2) is 7.59. The Labute approximate surface area is 157 Å². The molecule has 3 fully saturated rings. The fourth-order valence-electron chi connectivity index (χ4n) is 5.52. The van der Waals surface area contributed by atoms with Crippen LogP contribution in [0.25, 0.3) is 0 Å². The van der Waals surface area contributed by atoms with Crippen molar-refractivity contribution in [3.63, 3.8) is 0 Å². The van der Waals surface area contributed by atoms with Gasteiger partial charge < -0.3 is 10.2 Å². The molecule has 0 saturated carbocycles. The number of fused-ring (bicyclic) bond motifs is 4. The molecule has 0 unspecified atom stereocenters. The summed E-state index contributed by atoms with van der Waals surface area (Å²) in [6, 6.07) is 12.7. The molecule has 4 nitrogen and oxygen atoms in total. The van der Waals surface area contributed by atoms with E-state index in [0.29, 0.717) is 23.9 Å². The van der Waals surface area contributed by atoms with Gasteiger partial charge >= 0.3 is 6.03 Å². The van der Waals surface area contributed by atoms with Crippen molar-refractivity contribution in [3.05, 3.63) is 35.9 Å². The second-order valence-corrected chi connectivity index (χ2v) is 8.91. The van der Waals surface area contributed by atoms with E-state index in [-0.39, 0.29) is 12.1 Å². The number of hydrogen-bond acceptors (Lipinski definition) is 2. The van der Waals surface area contributed by atoms with Gasteiger partial charge in [0.05, 0.1) is 0 Å². The van der Waals surface area contributed by atoms with Crippen LogP contribution in [0.2, 0.25) is 0 Å². The van der Waals surface area contributed by atoms with E-state index in [2.05, 4.69) is 45.4 Å². The predicted molar refractivity (Wildman–Crippen MR) is 105 cm³/mol. The van der Waals surface area contributed by atoms with Crippen molar-refractivity contribution in [2.75, 3.05) is 19.6 Å². The van der Waals surface area contributed by atoms with Crippen LogP contribution >= 0.6 is 0 Å². The zero-order chi connectivity index (χ0) is 18.1. The molecule has 0 radical (unpaired) electrons. The van der Waals surface area contributed by atoms with Gasteiger partial charge in [-0.05, 0) is 56.9 Å². The van der Waals surface area contributed by atoms with E-state index in [1.54, 1.807) is 0 Å². The lowest BCUT2D eigenvalue weighted by Crippen LogP contribution is -2.63. The minimum absolute atomic E-state index is 0.139. The Morgan fingerprint density at radius 1 is 1.15 bits per heavy atom. The molecule has 4 heteroatoms. The highest BCUT2D eigenvalue weighted by atomic mass is 16.2. The second-order valence-electron chi connectivity index (χ2n) is 8.91. The van der Waals surface area contributed by atoms with Gasteiger partial charge in [0.25, 0.3) is 0 Å². The number of amides is 2. The van der Waals surface area contributed by atoms with Gasteiger partial charge in [0, 0.05) is 37.8 Å². The SMILES string of the molecule is CC(C)NC(=O)N1C[C@@H]2C[C@H](C1)[C@@H]1CCC[C@H](Cc3ccccc3)N1C2. The Morgan fingerprint density at radius 3 is 2.73 bits per heavy atom. The molecule has 0 spiro atoms. The van der Waals surface area contributed by atoms with Crippen LogP contribution in [0.15, 0.2) is 30.3 Å². The van der Waals surface area contributed by atoms with Crippen molar-refractivity contribution in [1.29, 1.82) is 0 Å². The molecule has 1 aromatic rings. The lowest BCUT2D eigenvalue weighted by atomic mass is 9.74. The van der Waals surface area contributed by atoms with E-state index in [4.69, 9.17) is 0 Å². The summed E-state index contributed by atoms with van der Waals surface area (Å²) in [6.45, 7) is 7.12.